The van der Waals surface area contributed by atoms with E-state index in [1.165, 1.54) is 6.07 Å². The molecule has 1 aromatic heterocycles. The molecule has 0 saturated carbocycles. The maximum atomic E-state index is 13.8. The van der Waals surface area contributed by atoms with Gasteiger partial charge in [0.1, 0.15) is 5.82 Å². The Morgan fingerprint density at radius 2 is 2.24 bits per heavy atom. The number of nitrogens with one attached hydrogen (secondary N) is 2. The van der Waals surface area contributed by atoms with E-state index in [4.69, 9.17) is 0 Å². The number of aromatic nitrogens is 3. The van der Waals surface area contributed by atoms with Gasteiger partial charge in [0.15, 0.2) is 5.82 Å². The fourth-order valence-electron chi connectivity index (χ4n) is 3.02. The summed E-state index contributed by atoms with van der Waals surface area (Å²) in [5.41, 5.74) is 0.627. The quantitative estimate of drug-likeness (QED) is 0.843. The molecule has 1 aliphatic rings. The van der Waals surface area contributed by atoms with Crippen molar-refractivity contribution in [3.8, 4) is 0 Å². The van der Waals surface area contributed by atoms with Crippen LogP contribution in [0.1, 0.15) is 19.8 Å². The second-order valence-corrected chi connectivity index (χ2v) is 6.25. The third-order valence-corrected chi connectivity index (χ3v) is 4.26. The maximum absolute atomic E-state index is 13.8. The predicted octanol–water partition coefficient (Wildman–Crippen LogP) is 2.48. The Hall–Kier alpha value is -2.64. The lowest BCUT2D eigenvalue weighted by Gasteiger charge is -2.19. The van der Waals surface area contributed by atoms with Gasteiger partial charge in [0.2, 0.25) is 0 Å². The number of para-hydroxylation sites is 1. The van der Waals surface area contributed by atoms with E-state index in [9.17, 15) is 9.18 Å². The lowest BCUT2D eigenvalue weighted by Crippen LogP contribution is -2.34. The molecule has 2 heterocycles. The Morgan fingerprint density at radius 3 is 3.04 bits per heavy atom. The molecule has 1 aliphatic heterocycles. The molecule has 2 amide bonds. The average Bonchev–Trinajstić information content (AvgIpc) is 3.23. The van der Waals surface area contributed by atoms with Crippen LogP contribution in [0.4, 0.5) is 20.7 Å². The number of halogens is 1. The molecule has 0 radical (unpaired) electrons. The minimum Gasteiger partial charge on any atom is -0.369 e. The summed E-state index contributed by atoms with van der Waals surface area (Å²) in [6, 6.07) is 6.49. The van der Waals surface area contributed by atoms with Gasteiger partial charge in [0, 0.05) is 26.2 Å². The van der Waals surface area contributed by atoms with Gasteiger partial charge >= 0.3 is 6.03 Å². The highest BCUT2D eigenvalue weighted by Gasteiger charge is 2.24. The van der Waals surface area contributed by atoms with Gasteiger partial charge in [-0.15, -0.1) is 5.10 Å². The molecule has 1 saturated heterocycles. The first-order valence-electron chi connectivity index (χ1n) is 8.60. The topological polar surface area (TPSA) is 75.1 Å². The fourth-order valence-corrected chi connectivity index (χ4v) is 3.02. The van der Waals surface area contributed by atoms with Gasteiger partial charge < -0.3 is 10.2 Å². The number of carbonyl (C=O) groups excluding carboxylic acids is 1. The van der Waals surface area contributed by atoms with Crippen molar-refractivity contribution < 1.29 is 9.18 Å². The van der Waals surface area contributed by atoms with E-state index in [-0.39, 0.29) is 11.8 Å². The van der Waals surface area contributed by atoms with Crippen molar-refractivity contribution in [3.63, 3.8) is 0 Å². The lowest BCUT2D eigenvalue weighted by atomic mass is 10.1. The molecule has 2 N–H and O–H groups in total. The van der Waals surface area contributed by atoms with E-state index in [1.54, 1.807) is 23.0 Å². The number of rotatable bonds is 6. The number of carbonyl (C=O) groups is 1. The van der Waals surface area contributed by atoms with Crippen molar-refractivity contribution in [2.45, 2.75) is 26.3 Å². The Balaban J connectivity index is 1.44. The molecule has 0 bridgehead atoms. The number of aryl methyl sites for hydroxylation is 1. The SMILES string of the molecule is CCCn1cc(NC(=O)NC[C@H]2CCN(c3ccccc3F)C2)nn1. The Morgan fingerprint density at radius 1 is 1.40 bits per heavy atom. The fraction of sp³-hybridized carbons (Fsp3) is 0.471. The van der Waals surface area contributed by atoms with E-state index in [0.29, 0.717) is 24.0 Å². The zero-order chi connectivity index (χ0) is 17.6. The van der Waals surface area contributed by atoms with E-state index < -0.39 is 0 Å². The number of benzene rings is 1. The second kappa shape index (κ2) is 7.96. The Kier molecular flexibility index (Phi) is 5.47. The molecule has 8 heteroatoms. The third-order valence-electron chi connectivity index (χ3n) is 4.26. The van der Waals surface area contributed by atoms with Gasteiger partial charge in [0.05, 0.1) is 11.9 Å². The molecule has 1 fully saturated rings. The van der Waals surface area contributed by atoms with Gasteiger partial charge in [-0.25, -0.2) is 9.18 Å². The summed E-state index contributed by atoms with van der Waals surface area (Å²) in [6.45, 7) is 4.88. The van der Waals surface area contributed by atoms with Crippen molar-refractivity contribution in [2.24, 2.45) is 5.92 Å². The van der Waals surface area contributed by atoms with Crippen LogP contribution in [-0.2, 0) is 6.54 Å². The lowest BCUT2D eigenvalue weighted by molar-refractivity contribution is 0.250. The smallest absolute Gasteiger partial charge is 0.320 e. The van der Waals surface area contributed by atoms with Crippen LogP contribution in [0.25, 0.3) is 0 Å². The molecule has 134 valence electrons. The largest absolute Gasteiger partial charge is 0.369 e. The number of hydrogen-bond donors (Lipinski definition) is 2. The summed E-state index contributed by atoms with van der Waals surface area (Å²) < 4.78 is 15.5. The van der Waals surface area contributed by atoms with Crippen LogP contribution in [0.5, 0.6) is 0 Å². The summed E-state index contributed by atoms with van der Waals surface area (Å²) >= 11 is 0. The average molecular weight is 346 g/mol. The summed E-state index contributed by atoms with van der Waals surface area (Å²) in [5, 5.41) is 13.4. The molecular formula is C17H23FN6O. The van der Waals surface area contributed by atoms with Gasteiger partial charge in [0.25, 0.3) is 0 Å². The number of urea groups is 1. The molecule has 3 rings (SSSR count). The van der Waals surface area contributed by atoms with Crippen LogP contribution in [0, 0.1) is 11.7 Å². The van der Waals surface area contributed by atoms with Gasteiger partial charge in [-0.3, -0.25) is 10.00 Å². The number of anilines is 2. The molecule has 1 aromatic carbocycles. The van der Waals surface area contributed by atoms with Crippen LogP contribution < -0.4 is 15.5 Å². The molecule has 0 spiro atoms. The Labute approximate surface area is 146 Å². The number of amides is 2. The summed E-state index contributed by atoms with van der Waals surface area (Å²) in [7, 11) is 0. The first-order valence-corrected chi connectivity index (χ1v) is 8.60. The third kappa shape index (κ3) is 4.46. The van der Waals surface area contributed by atoms with E-state index in [0.717, 1.165) is 32.5 Å². The zero-order valence-electron chi connectivity index (χ0n) is 14.3. The summed E-state index contributed by atoms with van der Waals surface area (Å²) in [4.78, 5) is 14.0. The highest BCUT2D eigenvalue weighted by molar-refractivity contribution is 5.87. The van der Waals surface area contributed by atoms with Crippen LogP contribution in [0.15, 0.2) is 30.5 Å². The van der Waals surface area contributed by atoms with E-state index in [1.807, 2.05) is 17.9 Å². The van der Waals surface area contributed by atoms with Gasteiger partial charge in [-0.1, -0.05) is 24.3 Å². The molecule has 25 heavy (non-hydrogen) atoms. The zero-order valence-corrected chi connectivity index (χ0v) is 14.3. The number of nitrogens with zero attached hydrogens (tertiary/aromatic N) is 4. The summed E-state index contributed by atoms with van der Waals surface area (Å²) in [6.07, 6.45) is 3.58. The van der Waals surface area contributed by atoms with Crippen molar-refractivity contribution in [1.82, 2.24) is 20.3 Å². The van der Waals surface area contributed by atoms with Gasteiger partial charge in [-0.2, -0.15) is 0 Å². The van der Waals surface area contributed by atoms with Crippen LogP contribution in [0.2, 0.25) is 0 Å². The molecule has 0 unspecified atom stereocenters. The minimum absolute atomic E-state index is 0.205. The molecule has 0 aliphatic carbocycles. The molecular weight excluding hydrogens is 323 g/mol. The predicted molar refractivity (Wildman–Crippen MR) is 94.1 cm³/mol. The Bertz CT molecular complexity index is 719. The molecule has 2 aromatic rings. The monoisotopic (exact) mass is 346 g/mol. The van der Waals surface area contributed by atoms with Crippen LogP contribution in [-0.4, -0.2) is 40.7 Å². The van der Waals surface area contributed by atoms with E-state index in [2.05, 4.69) is 20.9 Å². The van der Waals surface area contributed by atoms with E-state index >= 15 is 0 Å². The highest BCUT2D eigenvalue weighted by Crippen LogP contribution is 2.25. The first kappa shape index (κ1) is 17.2. The van der Waals surface area contributed by atoms with Crippen LogP contribution >= 0.6 is 0 Å². The van der Waals surface area contributed by atoms with Crippen molar-refractivity contribution in [3.05, 3.63) is 36.3 Å². The highest BCUT2D eigenvalue weighted by atomic mass is 19.1. The van der Waals surface area contributed by atoms with Gasteiger partial charge in [-0.05, 0) is 30.9 Å². The second-order valence-electron chi connectivity index (χ2n) is 6.25. The standard InChI is InChI=1S/C17H23FN6O/c1-2-8-24-12-16(21-22-24)20-17(25)19-10-13-7-9-23(11-13)15-6-4-3-5-14(15)18/h3-6,12-13H,2,7-11H2,1H3,(H2,19,20,25)/t13-/m1/s1. The normalized spacial score (nSPS) is 16.9. The van der Waals surface area contributed by atoms with Crippen molar-refractivity contribution in [1.29, 1.82) is 0 Å². The summed E-state index contributed by atoms with van der Waals surface area (Å²) in [5.74, 6) is 0.524. The first-order chi connectivity index (χ1) is 12.2. The van der Waals surface area contributed by atoms with Crippen molar-refractivity contribution >= 4 is 17.5 Å². The van der Waals surface area contributed by atoms with Crippen molar-refractivity contribution in [2.75, 3.05) is 29.9 Å². The number of hydrogen-bond acceptors (Lipinski definition) is 4. The van der Waals surface area contributed by atoms with Crippen LogP contribution in [0.3, 0.4) is 0 Å². The minimum atomic E-state index is -0.298. The molecule has 7 nitrogen and oxygen atoms in total. The molecule has 1 atom stereocenters. The maximum Gasteiger partial charge on any atom is 0.320 e.